The van der Waals surface area contributed by atoms with Crippen molar-refractivity contribution in [2.24, 2.45) is 5.41 Å². The number of aliphatic carboxylic acids is 1. The molecule has 0 radical (unpaired) electrons. The molecule has 0 spiro atoms. The number of fused-ring (bicyclic) bond motifs is 2. The summed E-state index contributed by atoms with van der Waals surface area (Å²) < 4.78 is 40.9. The Morgan fingerprint density at radius 2 is 2.03 bits per heavy atom. The van der Waals surface area contributed by atoms with E-state index in [-0.39, 0.29) is 18.4 Å². The van der Waals surface area contributed by atoms with Crippen molar-refractivity contribution in [1.82, 2.24) is 14.6 Å². The number of hydrogen-bond donors (Lipinski definition) is 2. The van der Waals surface area contributed by atoms with Gasteiger partial charge in [0.05, 0.1) is 24.5 Å². The first kappa shape index (κ1) is 19.9. The summed E-state index contributed by atoms with van der Waals surface area (Å²) in [5.74, 6) is -1.88. The van der Waals surface area contributed by atoms with E-state index in [1.807, 2.05) is 0 Å². The fourth-order valence-electron chi connectivity index (χ4n) is 4.15. The molecule has 0 bridgehead atoms. The first-order valence-electron chi connectivity index (χ1n) is 9.14. The van der Waals surface area contributed by atoms with E-state index in [0.717, 1.165) is 0 Å². The summed E-state index contributed by atoms with van der Waals surface area (Å²) in [7, 11) is 0. The number of nitrogens with zero attached hydrogens (tertiary/aromatic N) is 3. The molecule has 0 saturated carbocycles. The second kappa shape index (κ2) is 6.82. The summed E-state index contributed by atoms with van der Waals surface area (Å²) >= 11 is 0. The Balaban J connectivity index is 1.75. The van der Waals surface area contributed by atoms with E-state index in [0.29, 0.717) is 28.2 Å². The van der Waals surface area contributed by atoms with Crippen LogP contribution in [-0.2, 0) is 11.2 Å². The van der Waals surface area contributed by atoms with Crippen LogP contribution in [0.25, 0.3) is 16.8 Å². The van der Waals surface area contributed by atoms with Crippen LogP contribution in [0.4, 0.5) is 19.0 Å². The van der Waals surface area contributed by atoms with Crippen molar-refractivity contribution in [2.75, 3.05) is 5.73 Å². The van der Waals surface area contributed by atoms with Crippen LogP contribution >= 0.6 is 0 Å². The molecule has 1 unspecified atom stereocenters. The van der Waals surface area contributed by atoms with Gasteiger partial charge in [0.25, 0.3) is 0 Å². The van der Waals surface area contributed by atoms with E-state index in [2.05, 4.69) is 10.1 Å². The maximum absolute atomic E-state index is 13.1. The van der Waals surface area contributed by atoms with Gasteiger partial charge in [-0.3, -0.25) is 9.59 Å². The molecule has 0 fully saturated rings. The number of ketones is 1. The number of benzene rings is 1. The number of carboxylic acid groups (broad SMARTS) is 1. The van der Waals surface area contributed by atoms with Gasteiger partial charge in [0.1, 0.15) is 5.82 Å². The van der Waals surface area contributed by atoms with Gasteiger partial charge < -0.3 is 10.8 Å². The predicted molar refractivity (Wildman–Crippen MR) is 101 cm³/mol. The fraction of sp³-hybridized carbons (Fsp3) is 0.300. The third kappa shape index (κ3) is 3.38. The maximum atomic E-state index is 13.1. The fourth-order valence-corrected chi connectivity index (χ4v) is 4.15. The van der Waals surface area contributed by atoms with Crippen molar-refractivity contribution in [3.63, 3.8) is 0 Å². The molecule has 1 aliphatic carbocycles. The van der Waals surface area contributed by atoms with Crippen LogP contribution in [0.15, 0.2) is 36.7 Å². The van der Waals surface area contributed by atoms with Gasteiger partial charge in [-0.25, -0.2) is 4.98 Å². The second-order valence-electron chi connectivity index (χ2n) is 7.50. The number of nitrogen functional groups attached to an aromatic ring is 1. The van der Waals surface area contributed by atoms with Crippen LogP contribution in [0.2, 0.25) is 0 Å². The van der Waals surface area contributed by atoms with E-state index in [1.165, 1.54) is 10.6 Å². The minimum absolute atomic E-state index is 0.113. The summed E-state index contributed by atoms with van der Waals surface area (Å²) in [6, 6.07) is 6.39. The quantitative estimate of drug-likeness (QED) is 0.671. The molecule has 1 atom stereocenters. The van der Waals surface area contributed by atoms with E-state index in [4.69, 9.17) is 10.8 Å². The summed E-state index contributed by atoms with van der Waals surface area (Å²) in [6.45, 7) is 0. The van der Waals surface area contributed by atoms with Gasteiger partial charge in [0.2, 0.25) is 0 Å². The molecule has 2 heterocycles. The summed E-state index contributed by atoms with van der Waals surface area (Å²) in [4.78, 5) is 28.5. The van der Waals surface area contributed by atoms with Gasteiger partial charge in [-0.05, 0) is 24.0 Å². The number of aryl methyl sites for hydroxylation is 1. The van der Waals surface area contributed by atoms with Crippen molar-refractivity contribution in [3.8, 4) is 11.1 Å². The molecule has 4 rings (SSSR count). The summed E-state index contributed by atoms with van der Waals surface area (Å²) in [5, 5.41) is 13.2. The third-order valence-electron chi connectivity index (χ3n) is 5.50. The average molecular weight is 418 g/mol. The van der Waals surface area contributed by atoms with Gasteiger partial charge in [-0.1, -0.05) is 18.2 Å². The van der Waals surface area contributed by atoms with Crippen molar-refractivity contribution in [1.29, 1.82) is 0 Å². The summed E-state index contributed by atoms with van der Waals surface area (Å²) in [5.41, 5.74) is 6.62. The number of carboxylic acids is 1. The Morgan fingerprint density at radius 3 is 2.73 bits per heavy atom. The molecule has 3 N–H and O–H groups in total. The average Bonchev–Trinajstić information content (AvgIpc) is 3.13. The minimum Gasteiger partial charge on any atom is -0.481 e. The molecule has 1 aliphatic rings. The van der Waals surface area contributed by atoms with E-state index in [9.17, 15) is 22.8 Å². The predicted octanol–water partition coefficient (Wildman–Crippen LogP) is 3.52. The Morgan fingerprint density at radius 1 is 1.27 bits per heavy atom. The van der Waals surface area contributed by atoms with Gasteiger partial charge in [-0.2, -0.15) is 22.8 Å². The molecule has 2 aromatic heterocycles. The monoisotopic (exact) mass is 418 g/mol. The molecule has 3 aromatic rings. The molecule has 30 heavy (non-hydrogen) atoms. The number of carbonyl (C=O) groups excluding carboxylic acids is 1. The number of hydrogen-bond acceptors (Lipinski definition) is 5. The van der Waals surface area contributed by atoms with Crippen molar-refractivity contribution in [2.45, 2.75) is 31.9 Å². The molecular formula is C20H17F3N4O3. The molecule has 0 amide bonds. The minimum atomic E-state index is -4.65. The SMILES string of the molecule is Nc1c(-c2ccc3c(c2)CCC(CC(=O)O)(CC(F)(F)F)C3=O)cnc2ccnn12. The zero-order chi connectivity index (χ0) is 21.7. The number of anilines is 1. The lowest BCUT2D eigenvalue weighted by atomic mass is 9.66. The third-order valence-corrected chi connectivity index (χ3v) is 5.50. The van der Waals surface area contributed by atoms with E-state index >= 15 is 0 Å². The largest absolute Gasteiger partial charge is 0.481 e. The maximum Gasteiger partial charge on any atom is 0.390 e. The lowest BCUT2D eigenvalue weighted by molar-refractivity contribution is -0.160. The van der Waals surface area contributed by atoms with Crippen molar-refractivity contribution >= 4 is 23.2 Å². The Bertz CT molecular complexity index is 1170. The Kier molecular flexibility index (Phi) is 4.52. The standard InChI is InChI=1S/C20H17F3N4O3/c21-20(22,23)10-19(8-16(28)29)5-3-12-7-11(1-2-13(12)17(19)30)14-9-25-15-4-6-26-27(15)18(14)24/h1-2,4,6-7,9H,3,5,8,10,24H2,(H,28,29). The highest BCUT2D eigenvalue weighted by Gasteiger charge is 2.50. The zero-order valence-corrected chi connectivity index (χ0v) is 15.6. The molecule has 156 valence electrons. The normalized spacial score (nSPS) is 19.1. The highest BCUT2D eigenvalue weighted by atomic mass is 19.4. The van der Waals surface area contributed by atoms with E-state index < -0.39 is 36.2 Å². The van der Waals surface area contributed by atoms with Crippen LogP contribution < -0.4 is 5.73 Å². The van der Waals surface area contributed by atoms with Crippen LogP contribution in [0.5, 0.6) is 0 Å². The number of nitrogens with two attached hydrogens (primary N) is 1. The smallest absolute Gasteiger partial charge is 0.390 e. The topological polar surface area (TPSA) is 111 Å². The molecule has 0 aliphatic heterocycles. The second-order valence-corrected chi connectivity index (χ2v) is 7.50. The Hall–Kier alpha value is -3.43. The van der Waals surface area contributed by atoms with Gasteiger partial charge >= 0.3 is 12.1 Å². The number of alkyl halides is 3. The van der Waals surface area contributed by atoms with E-state index in [1.54, 1.807) is 30.6 Å². The number of carbonyl (C=O) groups is 2. The molecule has 10 heteroatoms. The molecule has 0 saturated heterocycles. The zero-order valence-electron chi connectivity index (χ0n) is 15.6. The van der Waals surface area contributed by atoms with Crippen LogP contribution in [0.3, 0.4) is 0 Å². The lowest BCUT2D eigenvalue weighted by Crippen LogP contribution is -2.41. The van der Waals surface area contributed by atoms with Crippen molar-refractivity contribution in [3.05, 3.63) is 47.8 Å². The molecule has 7 nitrogen and oxygen atoms in total. The number of rotatable bonds is 4. The number of aromatic nitrogens is 3. The van der Waals surface area contributed by atoms with Crippen LogP contribution in [-0.4, -0.2) is 37.6 Å². The van der Waals surface area contributed by atoms with Crippen molar-refractivity contribution < 1.29 is 27.9 Å². The molecular weight excluding hydrogens is 401 g/mol. The number of halogens is 3. The first-order chi connectivity index (χ1) is 14.1. The summed E-state index contributed by atoms with van der Waals surface area (Å²) in [6.07, 6.45) is -3.90. The highest BCUT2D eigenvalue weighted by Crippen LogP contribution is 2.46. The van der Waals surface area contributed by atoms with Crippen LogP contribution in [0, 0.1) is 5.41 Å². The number of Topliss-reactive ketones (excluding diaryl/α,β-unsaturated/α-hetero) is 1. The highest BCUT2D eigenvalue weighted by molar-refractivity contribution is 6.04. The first-order valence-corrected chi connectivity index (χ1v) is 9.14. The lowest BCUT2D eigenvalue weighted by Gasteiger charge is -2.36. The molecule has 1 aromatic carbocycles. The van der Waals surface area contributed by atoms with Gasteiger partial charge in [-0.15, -0.1) is 0 Å². The van der Waals surface area contributed by atoms with Crippen LogP contribution in [0.1, 0.15) is 35.2 Å². The van der Waals surface area contributed by atoms with Gasteiger partial charge in [0, 0.05) is 23.4 Å². The van der Waals surface area contributed by atoms with Gasteiger partial charge in [0.15, 0.2) is 11.4 Å². The Labute approximate surface area is 168 Å².